The fourth-order valence-corrected chi connectivity index (χ4v) is 2.90. The molecule has 1 unspecified atom stereocenters. The van der Waals surface area contributed by atoms with Crippen LogP contribution in [0.2, 0.25) is 0 Å². The molecule has 0 aliphatic carbocycles. The number of nitrogens with one attached hydrogen (secondary N) is 1. The zero-order valence-electron chi connectivity index (χ0n) is 13.2. The maximum absolute atomic E-state index is 11.9. The highest BCUT2D eigenvalue weighted by Gasteiger charge is 2.28. The van der Waals surface area contributed by atoms with E-state index in [-0.39, 0.29) is 11.6 Å². The standard InChI is InChI=1S/C14H21BrN4O3/c1-14(2,3)22-13(21)17-9-5-6-19(8-9)10-7-16-18(4)12(20)11(10)15/h7,9H,5-6,8H2,1-4H3,(H,17,21). The van der Waals surface area contributed by atoms with Crippen LogP contribution in [0.3, 0.4) is 0 Å². The molecule has 0 bridgehead atoms. The Bertz CT molecular complexity index is 623. The van der Waals surface area contributed by atoms with Crippen LogP contribution in [0.1, 0.15) is 27.2 Å². The maximum atomic E-state index is 11.9. The molecule has 1 atom stereocenters. The summed E-state index contributed by atoms with van der Waals surface area (Å²) in [5.41, 5.74) is 0.0543. The van der Waals surface area contributed by atoms with Crippen LogP contribution in [0.15, 0.2) is 15.5 Å². The van der Waals surface area contributed by atoms with E-state index in [0.29, 0.717) is 11.0 Å². The topological polar surface area (TPSA) is 76.5 Å². The van der Waals surface area contributed by atoms with Crippen LogP contribution in [0.5, 0.6) is 0 Å². The number of anilines is 1. The van der Waals surface area contributed by atoms with Gasteiger partial charge in [0.25, 0.3) is 5.56 Å². The SMILES string of the molecule is Cn1ncc(N2CCC(NC(=O)OC(C)(C)C)C2)c(Br)c1=O. The van der Waals surface area contributed by atoms with Crippen molar-refractivity contribution in [3.05, 3.63) is 21.0 Å². The van der Waals surface area contributed by atoms with Crippen molar-refractivity contribution < 1.29 is 9.53 Å². The van der Waals surface area contributed by atoms with Crippen LogP contribution >= 0.6 is 15.9 Å². The Morgan fingerprint density at radius 1 is 1.50 bits per heavy atom. The van der Waals surface area contributed by atoms with Crippen LogP contribution in [-0.2, 0) is 11.8 Å². The number of carbonyl (C=O) groups excluding carboxylic acids is 1. The second kappa shape index (κ2) is 6.28. The maximum Gasteiger partial charge on any atom is 0.407 e. The average molecular weight is 373 g/mol. The van der Waals surface area contributed by atoms with E-state index in [1.54, 1.807) is 13.2 Å². The van der Waals surface area contributed by atoms with Crippen LogP contribution in [-0.4, -0.2) is 40.6 Å². The summed E-state index contributed by atoms with van der Waals surface area (Å²) >= 11 is 3.32. The van der Waals surface area contributed by atoms with Crippen LogP contribution in [0, 0.1) is 0 Å². The molecule has 1 fully saturated rings. The second-order valence-electron chi connectivity index (χ2n) is 6.35. The summed E-state index contributed by atoms with van der Waals surface area (Å²) in [6.45, 7) is 6.85. The highest BCUT2D eigenvalue weighted by Crippen LogP contribution is 2.25. The van der Waals surface area contributed by atoms with Gasteiger partial charge in [0.2, 0.25) is 0 Å². The van der Waals surface area contributed by atoms with Crippen molar-refractivity contribution in [2.75, 3.05) is 18.0 Å². The lowest BCUT2D eigenvalue weighted by Gasteiger charge is -2.22. The van der Waals surface area contributed by atoms with Crippen molar-refractivity contribution in [3.8, 4) is 0 Å². The Morgan fingerprint density at radius 2 is 2.18 bits per heavy atom. The summed E-state index contributed by atoms with van der Waals surface area (Å²) in [6.07, 6.45) is 2.03. The summed E-state index contributed by atoms with van der Waals surface area (Å²) in [5, 5.41) is 6.90. The summed E-state index contributed by atoms with van der Waals surface area (Å²) in [5.74, 6) is 0. The Morgan fingerprint density at radius 3 is 2.82 bits per heavy atom. The quantitative estimate of drug-likeness (QED) is 0.853. The fraction of sp³-hybridized carbons (Fsp3) is 0.643. The first-order valence-electron chi connectivity index (χ1n) is 7.13. The molecule has 0 spiro atoms. The molecule has 0 radical (unpaired) electrons. The number of amides is 1. The molecule has 2 heterocycles. The van der Waals surface area contributed by atoms with Crippen molar-refractivity contribution in [1.82, 2.24) is 15.1 Å². The smallest absolute Gasteiger partial charge is 0.407 e. The van der Waals surface area contributed by atoms with Crippen LogP contribution in [0.4, 0.5) is 10.5 Å². The third kappa shape index (κ3) is 4.00. The van der Waals surface area contributed by atoms with Crippen molar-refractivity contribution in [2.24, 2.45) is 7.05 Å². The first-order valence-corrected chi connectivity index (χ1v) is 7.93. The molecule has 8 heteroatoms. The van der Waals surface area contributed by atoms with E-state index >= 15 is 0 Å². The molecule has 122 valence electrons. The van der Waals surface area contributed by atoms with Crippen molar-refractivity contribution in [3.63, 3.8) is 0 Å². The lowest BCUT2D eigenvalue weighted by atomic mass is 10.2. The highest BCUT2D eigenvalue weighted by atomic mass is 79.9. The average Bonchev–Trinajstić information content (AvgIpc) is 2.82. The third-order valence-electron chi connectivity index (χ3n) is 3.31. The van der Waals surface area contributed by atoms with E-state index in [1.807, 2.05) is 25.7 Å². The Kier molecular flexibility index (Phi) is 4.79. The molecule has 7 nitrogen and oxygen atoms in total. The molecular formula is C14H21BrN4O3. The van der Waals surface area contributed by atoms with Crippen molar-refractivity contribution >= 4 is 27.7 Å². The fourth-order valence-electron chi connectivity index (χ4n) is 2.29. The molecule has 1 amide bonds. The van der Waals surface area contributed by atoms with Gasteiger partial charge in [0.1, 0.15) is 10.1 Å². The van der Waals surface area contributed by atoms with Gasteiger partial charge in [-0.1, -0.05) is 0 Å². The van der Waals surface area contributed by atoms with Gasteiger partial charge in [0.05, 0.1) is 17.9 Å². The molecule has 1 aromatic heterocycles. The van der Waals surface area contributed by atoms with E-state index in [0.717, 1.165) is 18.7 Å². The monoisotopic (exact) mass is 372 g/mol. The molecule has 2 rings (SSSR count). The van der Waals surface area contributed by atoms with Gasteiger partial charge in [-0.05, 0) is 43.1 Å². The van der Waals surface area contributed by atoms with Crippen LogP contribution < -0.4 is 15.8 Å². The number of rotatable bonds is 2. The zero-order valence-corrected chi connectivity index (χ0v) is 14.8. The van der Waals surface area contributed by atoms with E-state index in [2.05, 4.69) is 26.3 Å². The van der Waals surface area contributed by atoms with Gasteiger partial charge < -0.3 is 15.0 Å². The van der Waals surface area contributed by atoms with Gasteiger partial charge in [-0.25, -0.2) is 9.48 Å². The Labute approximate surface area is 137 Å². The van der Waals surface area contributed by atoms with E-state index in [4.69, 9.17) is 4.74 Å². The largest absolute Gasteiger partial charge is 0.444 e. The summed E-state index contributed by atoms with van der Waals surface area (Å²) in [6, 6.07) is -0.00851. The number of alkyl carbamates (subject to hydrolysis) is 1. The second-order valence-corrected chi connectivity index (χ2v) is 7.14. The molecule has 0 saturated carbocycles. The molecule has 1 N–H and O–H groups in total. The first-order chi connectivity index (χ1) is 10.2. The lowest BCUT2D eigenvalue weighted by molar-refractivity contribution is 0.0509. The summed E-state index contributed by atoms with van der Waals surface area (Å²) in [7, 11) is 1.60. The molecule has 0 aromatic carbocycles. The Balaban J connectivity index is 2.00. The van der Waals surface area contributed by atoms with Gasteiger partial charge in [0, 0.05) is 20.1 Å². The number of hydrogen-bond acceptors (Lipinski definition) is 5. The minimum atomic E-state index is -0.513. The van der Waals surface area contributed by atoms with Crippen LogP contribution in [0.25, 0.3) is 0 Å². The van der Waals surface area contributed by atoms with E-state index in [1.165, 1.54) is 4.68 Å². The molecule has 22 heavy (non-hydrogen) atoms. The number of ether oxygens (including phenoxy) is 1. The molecule has 1 saturated heterocycles. The van der Waals surface area contributed by atoms with Crippen molar-refractivity contribution in [2.45, 2.75) is 38.8 Å². The summed E-state index contributed by atoms with van der Waals surface area (Å²) < 4.78 is 7.02. The van der Waals surface area contributed by atoms with Crippen molar-refractivity contribution in [1.29, 1.82) is 0 Å². The number of aryl methyl sites for hydroxylation is 1. The number of aromatic nitrogens is 2. The van der Waals surface area contributed by atoms with Gasteiger partial charge in [0.15, 0.2) is 0 Å². The number of carbonyl (C=O) groups is 1. The molecule has 1 aliphatic rings. The third-order valence-corrected chi connectivity index (χ3v) is 4.06. The van der Waals surface area contributed by atoms with Gasteiger partial charge in [-0.15, -0.1) is 0 Å². The molecule has 1 aliphatic heterocycles. The predicted molar refractivity (Wildman–Crippen MR) is 87.2 cm³/mol. The highest BCUT2D eigenvalue weighted by molar-refractivity contribution is 9.10. The number of nitrogens with zero attached hydrogens (tertiary/aromatic N) is 3. The van der Waals surface area contributed by atoms with E-state index < -0.39 is 11.7 Å². The molecule has 1 aromatic rings. The zero-order chi connectivity index (χ0) is 16.5. The minimum Gasteiger partial charge on any atom is -0.444 e. The number of halogens is 1. The minimum absolute atomic E-state index is 0.00851. The van der Waals surface area contributed by atoms with Gasteiger partial charge in [-0.2, -0.15) is 5.10 Å². The van der Waals surface area contributed by atoms with Gasteiger partial charge in [-0.3, -0.25) is 4.79 Å². The predicted octanol–water partition coefficient (Wildman–Crippen LogP) is 1.65. The molecular weight excluding hydrogens is 352 g/mol. The Hall–Kier alpha value is -1.57. The van der Waals surface area contributed by atoms with Gasteiger partial charge >= 0.3 is 6.09 Å². The van der Waals surface area contributed by atoms with E-state index in [9.17, 15) is 9.59 Å². The normalized spacial score (nSPS) is 18.4. The lowest BCUT2D eigenvalue weighted by Crippen LogP contribution is -2.40. The number of hydrogen-bond donors (Lipinski definition) is 1. The first kappa shape index (κ1) is 16.8. The summed E-state index contributed by atoms with van der Waals surface area (Å²) in [4.78, 5) is 25.7.